The molecule has 0 aliphatic carbocycles. The lowest BCUT2D eigenvalue weighted by atomic mass is 9.97. The number of carbonyl (C=O) groups is 3. The number of amides is 2. The summed E-state index contributed by atoms with van der Waals surface area (Å²) < 4.78 is 0.892. The van der Waals surface area contributed by atoms with Gasteiger partial charge in [-0.25, -0.2) is 0 Å². The molecule has 28 heavy (non-hydrogen) atoms. The van der Waals surface area contributed by atoms with Crippen LogP contribution in [0.5, 0.6) is 0 Å². The largest absolute Gasteiger partial charge is 0.358 e. The highest BCUT2D eigenvalue weighted by Gasteiger charge is 2.26. The minimum Gasteiger partial charge on any atom is -0.358 e. The van der Waals surface area contributed by atoms with Gasteiger partial charge in [0.2, 0.25) is 5.91 Å². The number of hydrogen-bond acceptors (Lipinski definition) is 4. The molecule has 0 radical (unpaired) electrons. The Balaban J connectivity index is 1.74. The van der Waals surface area contributed by atoms with Crippen LogP contribution in [-0.4, -0.2) is 67.2 Å². The van der Waals surface area contributed by atoms with E-state index < -0.39 is 0 Å². The van der Waals surface area contributed by atoms with Crippen molar-refractivity contribution in [1.29, 1.82) is 0 Å². The van der Waals surface area contributed by atoms with E-state index in [2.05, 4.69) is 21.2 Å². The maximum absolute atomic E-state index is 13.1. The molecule has 1 saturated heterocycles. The fourth-order valence-electron chi connectivity index (χ4n) is 3.19. The summed E-state index contributed by atoms with van der Waals surface area (Å²) >= 11 is 3.36. The van der Waals surface area contributed by atoms with E-state index >= 15 is 0 Å². The van der Waals surface area contributed by atoms with E-state index in [1.807, 2.05) is 17.0 Å². The quantitative estimate of drug-likeness (QED) is 0.718. The van der Waals surface area contributed by atoms with Crippen molar-refractivity contribution in [3.8, 4) is 0 Å². The molecular formula is C21H22BrN3O3. The van der Waals surface area contributed by atoms with Crippen molar-refractivity contribution >= 4 is 33.5 Å². The molecule has 0 unspecified atom stereocenters. The first-order valence-electron chi connectivity index (χ1n) is 9.11. The molecule has 0 atom stereocenters. The fourth-order valence-corrected chi connectivity index (χ4v) is 3.45. The highest BCUT2D eigenvalue weighted by Crippen LogP contribution is 2.19. The molecule has 2 aromatic rings. The Kier molecular flexibility index (Phi) is 6.59. The van der Waals surface area contributed by atoms with Crippen LogP contribution >= 0.6 is 15.9 Å². The predicted octanol–water partition coefficient (Wildman–Crippen LogP) is 2.18. The van der Waals surface area contributed by atoms with Crippen molar-refractivity contribution in [3.63, 3.8) is 0 Å². The third kappa shape index (κ3) is 4.66. The molecule has 1 fully saturated rings. The standard InChI is InChI=1S/C21H22BrN3O3/c1-23-19(26)14-24-10-12-25(13-11-24)21(28)18-5-3-2-4-17(18)20(27)15-6-8-16(22)9-7-15/h2-9H,10-14H2,1H3,(H,23,26). The Bertz CT molecular complexity index is 875. The molecule has 146 valence electrons. The topological polar surface area (TPSA) is 69.7 Å². The summed E-state index contributed by atoms with van der Waals surface area (Å²) in [6.07, 6.45) is 0. The van der Waals surface area contributed by atoms with Crippen molar-refractivity contribution < 1.29 is 14.4 Å². The van der Waals surface area contributed by atoms with E-state index in [0.717, 1.165) is 4.47 Å². The molecule has 7 heteroatoms. The van der Waals surface area contributed by atoms with Gasteiger partial charge in [-0.05, 0) is 30.3 Å². The van der Waals surface area contributed by atoms with Crippen LogP contribution in [0.15, 0.2) is 53.0 Å². The molecule has 1 heterocycles. The van der Waals surface area contributed by atoms with Gasteiger partial charge in [-0.1, -0.05) is 34.1 Å². The van der Waals surface area contributed by atoms with Gasteiger partial charge in [-0.15, -0.1) is 0 Å². The van der Waals surface area contributed by atoms with Gasteiger partial charge in [0.05, 0.1) is 12.1 Å². The molecule has 2 aromatic carbocycles. The number of nitrogens with zero attached hydrogens (tertiary/aromatic N) is 2. The molecule has 0 saturated carbocycles. The summed E-state index contributed by atoms with van der Waals surface area (Å²) in [5.74, 6) is -0.361. The number of nitrogens with one attached hydrogen (secondary N) is 1. The smallest absolute Gasteiger partial charge is 0.254 e. The Morgan fingerprint density at radius 1 is 0.929 bits per heavy atom. The Labute approximate surface area is 172 Å². The number of halogens is 1. The summed E-state index contributed by atoms with van der Waals surface area (Å²) in [6.45, 7) is 2.63. The van der Waals surface area contributed by atoms with Crippen molar-refractivity contribution in [2.24, 2.45) is 0 Å². The van der Waals surface area contributed by atoms with Gasteiger partial charge in [0.1, 0.15) is 0 Å². The van der Waals surface area contributed by atoms with E-state index in [1.165, 1.54) is 0 Å². The minimum absolute atomic E-state index is 0.0368. The number of rotatable bonds is 5. The molecule has 1 aliphatic rings. The predicted molar refractivity (Wildman–Crippen MR) is 110 cm³/mol. The fraction of sp³-hybridized carbons (Fsp3) is 0.286. The number of likely N-dealkylation sites (N-methyl/N-ethyl adjacent to an activating group) is 1. The molecule has 1 aliphatic heterocycles. The van der Waals surface area contributed by atoms with Gasteiger partial charge < -0.3 is 10.2 Å². The molecule has 2 amide bonds. The average Bonchev–Trinajstić information content (AvgIpc) is 2.73. The second-order valence-corrected chi connectivity index (χ2v) is 7.54. The first-order chi connectivity index (χ1) is 13.5. The normalized spacial score (nSPS) is 14.6. The van der Waals surface area contributed by atoms with Crippen LogP contribution in [0.2, 0.25) is 0 Å². The summed E-state index contributed by atoms with van der Waals surface area (Å²) in [5, 5.41) is 2.61. The van der Waals surface area contributed by atoms with Crippen molar-refractivity contribution in [2.45, 2.75) is 0 Å². The minimum atomic E-state index is -0.172. The van der Waals surface area contributed by atoms with Crippen molar-refractivity contribution in [1.82, 2.24) is 15.1 Å². The van der Waals surface area contributed by atoms with Crippen molar-refractivity contribution in [2.75, 3.05) is 39.8 Å². The van der Waals surface area contributed by atoms with Crippen LogP contribution in [0.3, 0.4) is 0 Å². The SMILES string of the molecule is CNC(=O)CN1CCN(C(=O)c2ccccc2C(=O)c2ccc(Br)cc2)CC1. The van der Waals surface area contributed by atoms with E-state index in [4.69, 9.17) is 0 Å². The number of benzene rings is 2. The maximum atomic E-state index is 13.1. The number of ketones is 1. The number of carbonyl (C=O) groups excluding carboxylic acids is 3. The first-order valence-corrected chi connectivity index (χ1v) is 9.90. The summed E-state index contributed by atoms with van der Waals surface area (Å²) in [5.41, 5.74) is 1.36. The van der Waals surface area contributed by atoms with E-state index in [9.17, 15) is 14.4 Å². The summed E-state index contributed by atoms with van der Waals surface area (Å²) in [4.78, 5) is 41.3. The lowest BCUT2D eigenvalue weighted by Gasteiger charge is -2.34. The zero-order valence-electron chi connectivity index (χ0n) is 15.7. The molecule has 0 spiro atoms. The first kappa shape index (κ1) is 20.2. The highest BCUT2D eigenvalue weighted by atomic mass is 79.9. The Morgan fingerprint density at radius 2 is 1.54 bits per heavy atom. The zero-order valence-corrected chi connectivity index (χ0v) is 17.2. The van der Waals surface area contributed by atoms with Gasteiger partial charge in [0, 0.05) is 48.8 Å². The van der Waals surface area contributed by atoms with Gasteiger partial charge in [-0.3, -0.25) is 19.3 Å². The highest BCUT2D eigenvalue weighted by molar-refractivity contribution is 9.10. The number of hydrogen-bond donors (Lipinski definition) is 1. The third-order valence-electron chi connectivity index (χ3n) is 4.81. The van der Waals surface area contributed by atoms with E-state index in [1.54, 1.807) is 48.3 Å². The monoisotopic (exact) mass is 443 g/mol. The Morgan fingerprint density at radius 3 is 2.14 bits per heavy atom. The molecule has 1 N–H and O–H groups in total. The van der Waals surface area contributed by atoms with Gasteiger partial charge in [0.15, 0.2) is 5.78 Å². The average molecular weight is 444 g/mol. The van der Waals surface area contributed by atoms with Crippen LogP contribution in [0.25, 0.3) is 0 Å². The second-order valence-electron chi connectivity index (χ2n) is 6.62. The van der Waals surface area contributed by atoms with Gasteiger partial charge in [0.25, 0.3) is 5.91 Å². The maximum Gasteiger partial charge on any atom is 0.254 e. The van der Waals surface area contributed by atoms with Gasteiger partial charge >= 0.3 is 0 Å². The number of piperazine rings is 1. The van der Waals surface area contributed by atoms with Crippen LogP contribution in [-0.2, 0) is 4.79 Å². The van der Waals surface area contributed by atoms with Crippen LogP contribution in [0.1, 0.15) is 26.3 Å². The van der Waals surface area contributed by atoms with Crippen LogP contribution < -0.4 is 5.32 Å². The van der Waals surface area contributed by atoms with Gasteiger partial charge in [-0.2, -0.15) is 0 Å². The lowest BCUT2D eigenvalue weighted by molar-refractivity contribution is -0.122. The zero-order chi connectivity index (χ0) is 20.1. The molecular weight excluding hydrogens is 422 g/mol. The van der Waals surface area contributed by atoms with E-state index in [-0.39, 0.29) is 17.6 Å². The molecule has 3 rings (SSSR count). The summed E-state index contributed by atoms with van der Waals surface area (Å²) in [6, 6.07) is 14.0. The van der Waals surface area contributed by atoms with Crippen LogP contribution in [0, 0.1) is 0 Å². The van der Waals surface area contributed by atoms with Crippen molar-refractivity contribution in [3.05, 3.63) is 69.7 Å². The Hall–Kier alpha value is -2.51. The molecule has 0 aromatic heterocycles. The molecule has 0 bridgehead atoms. The second kappa shape index (κ2) is 9.12. The lowest BCUT2D eigenvalue weighted by Crippen LogP contribution is -2.51. The summed E-state index contributed by atoms with van der Waals surface area (Å²) in [7, 11) is 1.61. The van der Waals surface area contributed by atoms with Crippen LogP contribution in [0.4, 0.5) is 0 Å². The van der Waals surface area contributed by atoms with E-state index in [0.29, 0.717) is 49.4 Å². The molecule has 6 nitrogen and oxygen atoms in total. The third-order valence-corrected chi connectivity index (χ3v) is 5.34.